The third-order valence-electron chi connectivity index (χ3n) is 3.06. The molecule has 1 rings (SSSR count). The first-order valence-corrected chi connectivity index (χ1v) is 7.65. The molecular formula is C19H36O. The van der Waals surface area contributed by atoms with Crippen LogP contribution in [0.3, 0.4) is 0 Å². The van der Waals surface area contributed by atoms with Crippen molar-refractivity contribution in [1.29, 1.82) is 0 Å². The maximum absolute atomic E-state index is 11.9. The molecule has 20 heavy (non-hydrogen) atoms. The predicted octanol–water partition coefficient (Wildman–Crippen LogP) is 6.61. The van der Waals surface area contributed by atoms with Gasteiger partial charge in [-0.1, -0.05) is 67.5 Å². The number of ketones is 1. The standard InChI is InChI=1S/C14H20O.2C2H6.CH4/c1-5-10(2)8-14(15)13-7-6-11(3)12(4)9-13;2*1-2;/h6-7,9-10H,5,8H2,1-4H3;2*1-2H3;1H4. The number of carbonyl (C=O) groups is 1. The molecule has 0 amide bonds. The largest absolute Gasteiger partial charge is 0.294 e. The van der Waals surface area contributed by atoms with Crippen LogP contribution in [0.25, 0.3) is 0 Å². The second-order valence-electron chi connectivity index (χ2n) is 4.44. The van der Waals surface area contributed by atoms with Gasteiger partial charge in [0.05, 0.1) is 0 Å². The first kappa shape index (κ1) is 23.9. The van der Waals surface area contributed by atoms with Crippen molar-refractivity contribution in [2.45, 2.75) is 75.7 Å². The van der Waals surface area contributed by atoms with Gasteiger partial charge in [0, 0.05) is 12.0 Å². The maximum Gasteiger partial charge on any atom is 0.163 e. The minimum atomic E-state index is 0. The molecule has 1 aromatic rings. The summed E-state index contributed by atoms with van der Waals surface area (Å²) in [6.45, 7) is 16.4. The van der Waals surface area contributed by atoms with Crippen LogP contribution in [0.2, 0.25) is 0 Å². The Labute approximate surface area is 127 Å². The van der Waals surface area contributed by atoms with E-state index in [-0.39, 0.29) is 13.2 Å². The number of hydrogen-bond acceptors (Lipinski definition) is 1. The Morgan fingerprint density at radius 1 is 1.05 bits per heavy atom. The van der Waals surface area contributed by atoms with Gasteiger partial charge in [-0.05, 0) is 37.0 Å². The van der Waals surface area contributed by atoms with E-state index in [1.54, 1.807) is 0 Å². The fourth-order valence-corrected chi connectivity index (χ4v) is 1.49. The second kappa shape index (κ2) is 14.3. The van der Waals surface area contributed by atoms with E-state index in [2.05, 4.69) is 27.7 Å². The lowest BCUT2D eigenvalue weighted by Gasteiger charge is -2.08. The Hall–Kier alpha value is -1.11. The van der Waals surface area contributed by atoms with Gasteiger partial charge in [0.15, 0.2) is 5.78 Å². The number of hydrogen-bond donors (Lipinski definition) is 0. The molecule has 1 atom stereocenters. The van der Waals surface area contributed by atoms with Gasteiger partial charge in [-0.15, -0.1) is 0 Å². The molecule has 0 saturated carbocycles. The van der Waals surface area contributed by atoms with E-state index in [0.29, 0.717) is 12.3 Å². The van der Waals surface area contributed by atoms with E-state index in [0.717, 1.165) is 12.0 Å². The Kier molecular flexibility index (Phi) is 17.1. The Morgan fingerprint density at radius 2 is 1.55 bits per heavy atom. The molecule has 0 bridgehead atoms. The molecule has 118 valence electrons. The first-order chi connectivity index (χ1) is 9.04. The molecule has 0 aromatic heterocycles. The molecule has 1 heteroatoms. The highest BCUT2D eigenvalue weighted by atomic mass is 16.1. The lowest BCUT2D eigenvalue weighted by atomic mass is 9.96. The van der Waals surface area contributed by atoms with Crippen molar-refractivity contribution in [2.75, 3.05) is 0 Å². The van der Waals surface area contributed by atoms with Crippen LogP contribution in [0.4, 0.5) is 0 Å². The Bertz CT molecular complexity index is 353. The van der Waals surface area contributed by atoms with Crippen LogP contribution in [-0.2, 0) is 0 Å². The van der Waals surface area contributed by atoms with Crippen LogP contribution >= 0.6 is 0 Å². The smallest absolute Gasteiger partial charge is 0.163 e. The lowest BCUT2D eigenvalue weighted by molar-refractivity contribution is 0.0963. The van der Waals surface area contributed by atoms with Gasteiger partial charge in [-0.25, -0.2) is 0 Å². The highest BCUT2D eigenvalue weighted by Gasteiger charge is 2.10. The topological polar surface area (TPSA) is 17.1 Å². The third kappa shape index (κ3) is 8.90. The molecule has 0 N–H and O–H groups in total. The van der Waals surface area contributed by atoms with Crippen molar-refractivity contribution in [3.63, 3.8) is 0 Å². The first-order valence-electron chi connectivity index (χ1n) is 7.65. The quantitative estimate of drug-likeness (QED) is 0.567. The summed E-state index contributed by atoms with van der Waals surface area (Å²) >= 11 is 0. The summed E-state index contributed by atoms with van der Waals surface area (Å²) in [5.41, 5.74) is 3.30. The average molecular weight is 280 g/mol. The molecule has 0 heterocycles. The van der Waals surface area contributed by atoms with Crippen LogP contribution in [-0.4, -0.2) is 5.78 Å². The molecule has 0 radical (unpaired) electrons. The van der Waals surface area contributed by atoms with E-state index in [1.165, 1.54) is 11.1 Å². The zero-order valence-electron chi connectivity index (χ0n) is 14.1. The molecule has 0 aliphatic carbocycles. The summed E-state index contributed by atoms with van der Waals surface area (Å²) in [4.78, 5) is 11.9. The molecule has 0 spiro atoms. The summed E-state index contributed by atoms with van der Waals surface area (Å²) in [6.07, 6.45) is 1.73. The van der Waals surface area contributed by atoms with Crippen molar-refractivity contribution in [3.8, 4) is 0 Å². The molecule has 1 nitrogen and oxygen atoms in total. The molecule has 1 unspecified atom stereocenters. The van der Waals surface area contributed by atoms with Gasteiger partial charge in [0.25, 0.3) is 0 Å². The van der Waals surface area contributed by atoms with E-state index < -0.39 is 0 Å². The fourth-order valence-electron chi connectivity index (χ4n) is 1.49. The summed E-state index contributed by atoms with van der Waals surface area (Å²) in [5.74, 6) is 0.756. The SMILES string of the molecule is C.CC.CC.CCC(C)CC(=O)c1ccc(C)c(C)c1. The number of carbonyl (C=O) groups excluding carboxylic acids is 1. The van der Waals surface area contributed by atoms with Crippen LogP contribution < -0.4 is 0 Å². The summed E-state index contributed by atoms with van der Waals surface area (Å²) in [5, 5.41) is 0. The van der Waals surface area contributed by atoms with Crippen molar-refractivity contribution >= 4 is 5.78 Å². The van der Waals surface area contributed by atoms with Crippen molar-refractivity contribution < 1.29 is 4.79 Å². The molecular weight excluding hydrogens is 244 g/mol. The number of Topliss-reactive ketones (excluding diaryl/α,β-unsaturated/α-hetero) is 1. The average Bonchev–Trinajstić information content (AvgIpc) is 2.46. The van der Waals surface area contributed by atoms with Gasteiger partial charge < -0.3 is 0 Å². The molecule has 0 aliphatic rings. The van der Waals surface area contributed by atoms with Gasteiger partial charge in [-0.2, -0.15) is 0 Å². The van der Waals surface area contributed by atoms with E-state index in [4.69, 9.17) is 0 Å². The van der Waals surface area contributed by atoms with Gasteiger partial charge >= 0.3 is 0 Å². The minimum Gasteiger partial charge on any atom is -0.294 e. The molecule has 1 aromatic carbocycles. The fraction of sp³-hybridized carbons (Fsp3) is 0.632. The highest BCUT2D eigenvalue weighted by molar-refractivity contribution is 5.96. The summed E-state index contributed by atoms with van der Waals surface area (Å²) in [7, 11) is 0. The normalized spacial score (nSPS) is 10.0. The van der Waals surface area contributed by atoms with E-state index >= 15 is 0 Å². The van der Waals surface area contributed by atoms with Gasteiger partial charge in [0.2, 0.25) is 0 Å². The predicted molar refractivity (Wildman–Crippen MR) is 93.7 cm³/mol. The highest BCUT2D eigenvalue weighted by Crippen LogP contribution is 2.15. The van der Waals surface area contributed by atoms with Crippen LogP contribution in [0, 0.1) is 19.8 Å². The molecule has 0 saturated heterocycles. The third-order valence-corrected chi connectivity index (χ3v) is 3.06. The zero-order valence-corrected chi connectivity index (χ0v) is 14.1. The number of benzene rings is 1. The monoisotopic (exact) mass is 280 g/mol. The maximum atomic E-state index is 11.9. The van der Waals surface area contributed by atoms with Gasteiger partial charge in [0.1, 0.15) is 0 Å². The summed E-state index contributed by atoms with van der Waals surface area (Å²) in [6, 6.07) is 5.96. The second-order valence-corrected chi connectivity index (χ2v) is 4.44. The van der Waals surface area contributed by atoms with Gasteiger partial charge in [-0.3, -0.25) is 4.79 Å². The van der Waals surface area contributed by atoms with Crippen molar-refractivity contribution in [3.05, 3.63) is 34.9 Å². The zero-order chi connectivity index (χ0) is 15.4. The minimum absolute atomic E-state index is 0. The van der Waals surface area contributed by atoms with Crippen molar-refractivity contribution in [1.82, 2.24) is 0 Å². The lowest BCUT2D eigenvalue weighted by Crippen LogP contribution is -2.05. The van der Waals surface area contributed by atoms with Crippen LogP contribution in [0.1, 0.15) is 83.3 Å². The van der Waals surface area contributed by atoms with Crippen molar-refractivity contribution in [2.24, 2.45) is 5.92 Å². The molecule has 0 aliphatic heterocycles. The number of aryl methyl sites for hydroxylation is 2. The Morgan fingerprint density at radius 3 is 1.95 bits per heavy atom. The Balaban J connectivity index is -0.000000529. The van der Waals surface area contributed by atoms with E-state index in [9.17, 15) is 4.79 Å². The van der Waals surface area contributed by atoms with Crippen LogP contribution in [0.5, 0.6) is 0 Å². The van der Waals surface area contributed by atoms with E-state index in [1.807, 2.05) is 45.9 Å². The number of rotatable bonds is 4. The van der Waals surface area contributed by atoms with Crippen LogP contribution in [0.15, 0.2) is 18.2 Å². The molecule has 0 fully saturated rings. The summed E-state index contributed by atoms with van der Waals surface area (Å²) < 4.78 is 0.